The molecule has 1 N–H and O–H groups in total. The molecule has 1 atom stereocenters. The fraction of sp³-hybridized carbons (Fsp3) is 1.00. The van der Waals surface area contributed by atoms with Crippen LogP contribution in [0.4, 0.5) is 0 Å². The molecule has 0 aliphatic carbocycles. The van der Waals surface area contributed by atoms with Crippen molar-refractivity contribution in [3.8, 4) is 0 Å². The Bertz CT molecular complexity index is 303. The van der Waals surface area contributed by atoms with Crippen LogP contribution in [0.15, 0.2) is 0 Å². The number of hydrogen-bond donors (Lipinski definition) is 1. The first-order valence-corrected chi connectivity index (χ1v) is 7.32. The van der Waals surface area contributed by atoms with Crippen molar-refractivity contribution < 1.29 is 8.42 Å². The summed E-state index contributed by atoms with van der Waals surface area (Å²) in [7, 11) is -2.98. The van der Waals surface area contributed by atoms with Crippen LogP contribution in [0.1, 0.15) is 6.42 Å². The van der Waals surface area contributed by atoms with Gasteiger partial charge in [0.15, 0.2) is 0 Å². The van der Waals surface area contributed by atoms with Gasteiger partial charge in [-0.2, -0.15) is 4.31 Å². The molecule has 2 aliphatic rings. The Morgan fingerprint density at radius 1 is 1.20 bits per heavy atom. The molecule has 0 saturated carbocycles. The van der Waals surface area contributed by atoms with Gasteiger partial charge in [0.2, 0.25) is 10.0 Å². The van der Waals surface area contributed by atoms with E-state index < -0.39 is 10.0 Å². The molecule has 88 valence electrons. The molecule has 0 aromatic rings. The van der Waals surface area contributed by atoms with E-state index in [4.69, 9.17) is 0 Å². The van der Waals surface area contributed by atoms with Crippen molar-refractivity contribution in [3.05, 3.63) is 0 Å². The highest BCUT2D eigenvalue weighted by Crippen LogP contribution is 2.13. The van der Waals surface area contributed by atoms with Crippen LogP contribution in [0.2, 0.25) is 0 Å². The molecular weight excluding hydrogens is 214 g/mol. The van der Waals surface area contributed by atoms with E-state index in [1.165, 1.54) is 12.7 Å². The zero-order chi connectivity index (χ0) is 10.9. The van der Waals surface area contributed by atoms with Crippen LogP contribution in [0, 0.1) is 0 Å². The summed E-state index contributed by atoms with van der Waals surface area (Å²) in [5.74, 6) is 0. The van der Waals surface area contributed by atoms with Crippen LogP contribution in [-0.2, 0) is 10.0 Å². The monoisotopic (exact) mass is 233 g/mol. The maximum absolute atomic E-state index is 11.3. The normalized spacial score (nSPS) is 30.9. The van der Waals surface area contributed by atoms with Crippen molar-refractivity contribution in [1.29, 1.82) is 0 Å². The maximum atomic E-state index is 11.3. The Morgan fingerprint density at radius 3 is 2.33 bits per heavy atom. The summed E-state index contributed by atoms with van der Waals surface area (Å²) in [6, 6.07) is 0.617. The summed E-state index contributed by atoms with van der Waals surface area (Å²) in [6.45, 7) is 5.19. The van der Waals surface area contributed by atoms with Gasteiger partial charge in [0.05, 0.1) is 6.26 Å². The Labute approximate surface area is 91.5 Å². The lowest BCUT2D eigenvalue weighted by molar-refractivity contribution is 0.146. The molecule has 15 heavy (non-hydrogen) atoms. The molecule has 6 heteroatoms. The van der Waals surface area contributed by atoms with E-state index in [2.05, 4.69) is 10.2 Å². The van der Waals surface area contributed by atoms with Crippen molar-refractivity contribution >= 4 is 10.0 Å². The Balaban J connectivity index is 1.86. The van der Waals surface area contributed by atoms with Gasteiger partial charge in [-0.3, -0.25) is 4.90 Å². The largest absolute Gasteiger partial charge is 0.315 e. The van der Waals surface area contributed by atoms with Crippen LogP contribution in [-0.4, -0.2) is 69.2 Å². The van der Waals surface area contributed by atoms with Crippen molar-refractivity contribution in [2.24, 2.45) is 0 Å². The Kier molecular flexibility index (Phi) is 3.30. The summed E-state index contributed by atoms with van der Waals surface area (Å²) in [4.78, 5) is 2.40. The lowest BCUT2D eigenvalue weighted by Crippen LogP contribution is -2.52. The van der Waals surface area contributed by atoms with Gasteiger partial charge in [-0.05, 0) is 13.0 Å². The van der Waals surface area contributed by atoms with Crippen molar-refractivity contribution in [2.45, 2.75) is 12.5 Å². The summed E-state index contributed by atoms with van der Waals surface area (Å²) >= 11 is 0. The molecule has 2 saturated heterocycles. The van der Waals surface area contributed by atoms with Gasteiger partial charge in [-0.25, -0.2) is 8.42 Å². The highest BCUT2D eigenvalue weighted by atomic mass is 32.2. The molecule has 2 fully saturated rings. The molecule has 0 unspecified atom stereocenters. The molecule has 0 aromatic heterocycles. The minimum atomic E-state index is -2.98. The van der Waals surface area contributed by atoms with Crippen LogP contribution in [0.5, 0.6) is 0 Å². The highest BCUT2D eigenvalue weighted by Gasteiger charge is 2.28. The molecule has 0 aromatic carbocycles. The van der Waals surface area contributed by atoms with Crippen molar-refractivity contribution in [3.63, 3.8) is 0 Å². The zero-order valence-corrected chi connectivity index (χ0v) is 9.96. The minimum absolute atomic E-state index is 0.617. The third kappa shape index (κ3) is 2.69. The molecule has 2 heterocycles. The van der Waals surface area contributed by atoms with Gasteiger partial charge in [-0.15, -0.1) is 0 Å². The van der Waals surface area contributed by atoms with E-state index >= 15 is 0 Å². The molecule has 2 aliphatic heterocycles. The summed E-state index contributed by atoms with van der Waals surface area (Å²) in [5, 5.41) is 3.34. The zero-order valence-electron chi connectivity index (χ0n) is 9.15. The molecule has 0 amide bonds. The van der Waals surface area contributed by atoms with E-state index in [1.807, 2.05) is 0 Å². The van der Waals surface area contributed by atoms with Gasteiger partial charge in [0.25, 0.3) is 0 Å². The lowest BCUT2D eigenvalue weighted by Gasteiger charge is -2.36. The van der Waals surface area contributed by atoms with Gasteiger partial charge in [0, 0.05) is 38.8 Å². The average molecular weight is 233 g/mol. The molecule has 0 radical (unpaired) electrons. The van der Waals surface area contributed by atoms with E-state index in [0.717, 1.165) is 26.2 Å². The van der Waals surface area contributed by atoms with Gasteiger partial charge < -0.3 is 5.32 Å². The molecule has 2 rings (SSSR count). The van der Waals surface area contributed by atoms with Crippen LogP contribution >= 0.6 is 0 Å². The lowest BCUT2D eigenvalue weighted by atomic mass is 10.2. The third-order valence-corrected chi connectivity index (χ3v) is 4.60. The van der Waals surface area contributed by atoms with Crippen LogP contribution < -0.4 is 5.32 Å². The second-order valence-corrected chi connectivity index (χ2v) is 6.33. The standard InChI is InChI=1S/C9H19N3O2S/c1-15(13,14)12-6-4-11(5-7-12)9-2-3-10-8-9/h9-10H,2-8H2,1H3/t9-/m0/s1. The Hall–Kier alpha value is -0.170. The number of hydrogen-bond acceptors (Lipinski definition) is 4. The fourth-order valence-corrected chi connectivity index (χ4v) is 3.18. The third-order valence-electron chi connectivity index (χ3n) is 3.29. The van der Waals surface area contributed by atoms with Gasteiger partial charge in [-0.1, -0.05) is 0 Å². The predicted octanol–water partition coefficient (Wildman–Crippen LogP) is -1.07. The van der Waals surface area contributed by atoms with Crippen LogP contribution in [0.3, 0.4) is 0 Å². The second-order valence-electron chi connectivity index (χ2n) is 4.34. The number of nitrogens with one attached hydrogen (secondary N) is 1. The second kappa shape index (κ2) is 4.37. The predicted molar refractivity (Wildman–Crippen MR) is 59.3 cm³/mol. The SMILES string of the molecule is CS(=O)(=O)N1CCN([C@H]2CCNC2)CC1. The molecule has 0 spiro atoms. The number of nitrogens with zero attached hydrogens (tertiary/aromatic N) is 2. The van der Waals surface area contributed by atoms with Crippen molar-refractivity contribution in [2.75, 3.05) is 45.5 Å². The van der Waals surface area contributed by atoms with Crippen molar-refractivity contribution in [1.82, 2.24) is 14.5 Å². The van der Waals surface area contributed by atoms with E-state index in [-0.39, 0.29) is 0 Å². The molecule has 5 nitrogen and oxygen atoms in total. The minimum Gasteiger partial charge on any atom is -0.315 e. The number of sulfonamides is 1. The summed E-state index contributed by atoms with van der Waals surface area (Å²) < 4.78 is 24.2. The van der Waals surface area contributed by atoms with E-state index in [1.54, 1.807) is 4.31 Å². The quantitative estimate of drug-likeness (QED) is 0.659. The van der Waals surface area contributed by atoms with Gasteiger partial charge >= 0.3 is 0 Å². The number of piperazine rings is 1. The smallest absolute Gasteiger partial charge is 0.211 e. The summed E-state index contributed by atoms with van der Waals surface area (Å²) in [5.41, 5.74) is 0. The van der Waals surface area contributed by atoms with Crippen LogP contribution in [0.25, 0.3) is 0 Å². The average Bonchev–Trinajstić information content (AvgIpc) is 2.69. The van der Waals surface area contributed by atoms with E-state index in [9.17, 15) is 8.42 Å². The van der Waals surface area contributed by atoms with E-state index in [0.29, 0.717) is 19.1 Å². The summed E-state index contributed by atoms with van der Waals surface area (Å²) in [6.07, 6.45) is 2.48. The van der Waals surface area contributed by atoms with Gasteiger partial charge in [0.1, 0.15) is 0 Å². The first kappa shape index (κ1) is 11.3. The Morgan fingerprint density at radius 2 is 1.87 bits per heavy atom. The molecular formula is C9H19N3O2S. The highest BCUT2D eigenvalue weighted by molar-refractivity contribution is 7.88. The first-order valence-electron chi connectivity index (χ1n) is 5.47. The molecule has 0 bridgehead atoms. The number of rotatable bonds is 2. The topological polar surface area (TPSA) is 52.7 Å². The first-order chi connectivity index (χ1) is 7.07. The maximum Gasteiger partial charge on any atom is 0.211 e. The fourth-order valence-electron chi connectivity index (χ4n) is 2.35.